The van der Waals surface area contributed by atoms with Gasteiger partial charge in [0, 0.05) is 43.9 Å². The topological polar surface area (TPSA) is 70.2 Å². The van der Waals surface area contributed by atoms with Gasteiger partial charge in [-0.1, -0.05) is 19.3 Å². The summed E-state index contributed by atoms with van der Waals surface area (Å²) in [5.41, 5.74) is 0. The summed E-state index contributed by atoms with van der Waals surface area (Å²) in [7, 11) is 0. The Labute approximate surface area is 121 Å². The lowest BCUT2D eigenvalue weighted by atomic mass is 9.88. The van der Waals surface area contributed by atoms with Gasteiger partial charge >= 0.3 is 0 Å². The highest BCUT2D eigenvalue weighted by molar-refractivity contribution is 5.81. The Balaban J connectivity index is 1.61. The highest BCUT2D eigenvalue weighted by Gasteiger charge is 2.23. The highest BCUT2D eigenvalue weighted by atomic mass is 16.2. The minimum atomic E-state index is -0.0797. The van der Waals surface area contributed by atoms with Gasteiger partial charge in [-0.05, 0) is 19.8 Å². The van der Waals surface area contributed by atoms with Gasteiger partial charge in [-0.3, -0.25) is 9.59 Å². The predicted octanol–water partition coefficient (Wildman–Crippen LogP) is 0.797. The number of hydrogen-bond donors (Lipinski definition) is 3. The van der Waals surface area contributed by atoms with E-state index >= 15 is 0 Å². The third kappa shape index (κ3) is 4.78. The van der Waals surface area contributed by atoms with Crippen molar-refractivity contribution in [2.24, 2.45) is 11.8 Å². The lowest BCUT2D eigenvalue weighted by molar-refractivity contribution is -0.127. The van der Waals surface area contributed by atoms with Crippen molar-refractivity contribution in [3.8, 4) is 0 Å². The molecule has 2 aliphatic rings. The van der Waals surface area contributed by atoms with E-state index in [-0.39, 0.29) is 23.8 Å². The van der Waals surface area contributed by atoms with E-state index in [2.05, 4.69) is 16.0 Å². The molecule has 2 rings (SSSR count). The van der Waals surface area contributed by atoms with Gasteiger partial charge in [0.05, 0.1) is 0 Å². The minimum Gasteiger partial charge on any atom is -0.356 e. The molecule has 20 heavy (non-hydrogen) atoms. The van der Waals surface area contributed by atoms with Crippen molar-refractivity contribution in [1.29, 1.82) is 0 Å². The second kappa shape index (κ2) is 7.62. The van der Waals surface area contributed by atoms with Crippen LogP contribution in [0.2, 0.25) is 0 Å². The number of carbonyl (C=O) groups is 2. The van der Waals surface area contributed by atoms with E-state index in [1.165, 1.54) is 6.42 Å². The highest BCUT2D eigenvalue weighted by Crippen LogP contribution is 2.23. The SMILES string of the molecule is CC(CC(=O)NCC1CNC1)NC(=O)C1CCCCC1. The Kier molecular flexibility index (Phi) is 5.83. The Bertz CT molecular complexity index is 336. The van der Waals surface area contributed by atoms with E-state index in [0.29, 0.717) is 12.3 Å². The van der Waals surface area contributed by atoms with Gasteiger partial charge in [0.2, 0.25) is 11.8 Å². The van der Waals surface area contributed by atoms with E-state index in [4.69, 9.17) is 0 Å². The molecule has 5 heteroatoms. The lowest BCUT2D eigenvalue weighted by Crippen LogP contribution is -2.49. The van der Waals surface area contributed by atoms with Gasteiger partial charge in [-0.25, -0.2) is 0 Å². The zero-order valence-corrected chi connectivity index (χ0v) is 12.4. The maximum Gasteiger partial charge on any atom is 0.223 e. The molecule has 3 N–H and O–H groups in total. The first kappa shape index (κ1) is 15.3. The van der Waals surface area contributed by atoms with Crippen LogP contribution in [-0.2, 0) is 9.59 Å². The fourth-order valence-electron chi connectivity index (χ4n) is 2.88. The molecule has 1 saturated heterocycles. The predicted molar refractivity (Wildman–Crippen MR) is 78.2 cm³/mol. The second-order valence-corrected chi connectivity index (χ2v) is 6.28. The fourth-order valence-corrected chi connectivity index (χ4v) is 2.88. The summed E-state index contributed by atoms with van der Waals surface area (Å²) in [6, 6.07) is -0.0797. The van der Waals surface area contributed by atoms with E-state index in [0.717, 1.165) is 45.3 Å². The van der Waals surface area contributed by atoms with Gasteiger partial charge in [-0.15, -0.1) is 0 Å². The van der Waals surface area contributed by atoms with Crippen LogP contribution in [0.3, 0.4) is 0 Å². The van der Waals surface area contributed by atoms with Crippen LogP contribution >= 0.6 is 0 Å². The summed E-state index contributed by atoms with van der Waals surface area (Å²) in [5.74, 6) is 0.905. The molecule has 2 amide bonds. The normalized spacial score (nSPS) is 21.9. The number of amides is 2. The molecule has 0 spiro atoms. The third-order valence-corrected chi connectivity index (χ3v) is 4.31. The number of nitrogens with one attached hydrogen (secondary N) is 3. The van der Waals surface area contributed by atoms with Crippen molar-refractivity contribution in [2.75, 3.05) is 19.6 Å². The number of carbonyl (C=O) groups excluding carboxylic acids is 2. The van der Waals surface area contributed by atoms with Crippen LogP contribution in [0.1, 0.15) is 45.4 Å². The monoisotopic (exact) mass is 281 g/mol. The first-order valence-electron chi connectivity index (χ1n) is 7.93. The molecule has 1 aliphatic carbocycles. The Morgan fingerprint density at radius 1 is 1.20 bits per heavy atom. The summed E-state index contributed by atoms with van der Waals surface area (Å²) in [5, 5.41) is 9.10. The Hall–Kier alpha value is -1.10. The molecule has 0 aromatic rings. The van der Waals surface area contributed by atoms with E-state index in [1.807, 2.05) is 6.92 Å². The van der Waals surface area contributed by atoms with Crippen LogP contribution in [-0.4, -0.2) is 37.5 Å². The lowest BCUT2D eigenvalue weighted by Gasteiger charge is -2.27. The van der Waals surface area contributed by atoms with Crippen molar-refractivity contribution in [2.45, 2.75) is 51.5 Å². The molecular weight excluding hydrogens is 254 g/mol. The maximum absolute atomic E-state index is 12.1. The van der Waals surface area contributed by atoms with Crippen LogP contribution in [0.15, 0.2) is 0 Å². The summed E-state index contributed by atoms with van der Waals surface area (Å²) in [6.07, 6.45) is 5.93. The summed E-state index contributed by atoms with van der Waals surface area (Å²) < 4.78 is 0. The van der Waals surface area contributed by atoms with Gasteiger partial charge in [0.25, 0.3) is 0 Å². The van der Waals surface area contributed by atoms with E-state index < -0.39 is 0 Å². The van der Waals surface area contributed by atoms with Crippen molar-refractivity contribution in [3.05, 3.63) is 0 Å². The molecule has 5 nitrogen and oxygen atoms in total. The molecule has 1 unspecified atom stereocenters. The smallest absolute Gasteiger partial charge is 0.223 e. The molecule has 1 atom stereocenters. The Morgan fingerprint density at radius 3 is 2.50 bits per heavy atom. The van der Waals surface area contributed by atoms with Crippen LogP contribution in [0.5, 0.6) is 0 Å². The largest absolute Gasteiger partial charge is 0.356 e. The maximum atomic E-state index is 12.1. The van der Waals surface area contributed by atoms with Gasteiger partial charge in [0.15, 0.2) is 0 Å². The van der Waals surface area contributed by atoms with Gasteiger partial charge in [0.1, 0.15) is 0 Å². The van der Waals surface area contributed by atoms with Crippen molar-refractivity contribution in [1.82, 2.24) is 16.0 Å². The standard InChI is InChI=1S/C15H27N3O2/c1-11(7-14(19)17-10-12-8-16-9-12)18-15(20)13-5-3-2-4-6-13/h11-13,16H,2-10H2,1H3,(H,17,19)(H,18,20). The number of rotatable bonds is 6. The molecule has 0 aromatic carbocycles. The van der Waals surface area contributed by atoms with Crippen LogP contribution in [0, 0.1) is 11.8 Å². The Morgan fingerprint density at radius 2 is 1.90 bits per heavy atom. The number of hydrogen-bond acceptors (Lipinski definition) is 3. The molecule has 0 aromatic heterocycles. The molecule has 1 saturated carbocycles. The average molecular weight is 281 g/mol. The summed E-state index contributed by atoms with van der Waals surface area (Å²) >= 11 is 0. The molecule has 0 bridgehead atoms. The molecule has 1 heterocycles. The quantitative estimate of drug-likeness (QED) is 0.674. The molecule has 2 fully saturated rings. The van der Waals surface area contributed by atoms with Crippen LogP contribution in [0.4, 0.5) is 0 Å². The van der Waals surface area contributed by atoms with Crippen molar-refractivity contribution >= 4 is 11.8 Å². The average Bonchev–Trinajstić information content (AvgIpc) is 2.37. The first-order valence-corrected chi connectivity index (χ1v) is 7.93. The molecule has 1 aliphatic heterocycles. The van der Waals surface area contributed by atoms with Crippen molar-refractivity contribution in [3.63, 3.8) is 0 Å². The molecule has 0 radical (unpaired) electrons. The molecule has 114 valence electrons. The fraction of sp³-hybridized carbons (Fsp3) is 0.867. The minimum absolute atomic E-state index is 0.0355. The summed E-state index contributed by atoms with van der Waals surface area (Å²) in [6.45, 7) is 4.64. The zero-order chi connectivity index (χ0) is 14.4. The zero-order valence-electron chi connectivity index (χ0n) is 12.4. The van der Waals surface area contributed by atoms with Gasteiger partial charge < -0.3 is 16.0 Å². The van der Waals surface area contributed by atoms with Gasteiger partial charge in [-0.2, -0.15) is 0 Å². The van der Waals surface area contributed by atoms with E-state index in [9.17, 15) is 9.59 Å². The van der Waals surface area contributed by atoms with E-state index in [1.54, 1.807) is 0 Å². The third-order valence-electron chi connectivity index (χ3n) is 4.31. The summed E-state index contributed by atoms with van der Waals surface area (Å²) in [4.78, 5) is 23.8. The molecular formula is C15H27N3O2. The second-order valence-electron chi connectivity index (χ2n) is 6.28. The van der Waals surface area contributed by atoms with Crippen LogP contribution in [0.25, 0.3) is 0 Å². The van der Waals surface area contributed by atoms with Crippen LogP contribution < -0.4 is 16.0 Å². The van der Waals surface area contributed by atoms with Crippen molar-refractivity contribution < 1.29 is 9.59 Å². The first-order chi connectivity index (χ1) is 9.65.